The van der Waals surface area contributed by atoms with Gasteiger partial charge in [-0.15, -0.1) is 10.2 Å². The van der Waals surface area contributed by atoms with Crippen LogP contribution in [0, 0.1) is 6.92 Å². The quantitative estimate of drug-likeness (QED) is 0.818. The topological polar surface area (TPSA) is 59.8 Å². The highest BCUT2D eigenvalue weighted by atomic mass is 79.9. The smallest absolute Gasteiger partial charge is 0.234 e. The Balaban J connectivity index is 1.93. The molecule has 2 rings (SSSR count). The van der Waals surface area contributed by atoms with Crippen molar-refractivity contribution in [3.63, 3.8) is 0 Å². The number of benzene rings is 1. The van der Waals surface area contributed by atoms with Gasteiger partial charge in [0.15, 0.2) is 5.16 Å². The first-order chi connectivity index (χ1) is 9.97. The largest absolute Gasteiger partial charge is 0.325 e. The molecule has 0 atom stereocenters. The number of anilines is 1. The standard InChI is InChI=1S/C14H17BrN4OS/c1-9(2)19-8-16-18-14(19)21-7-13(20)17-11-5-4-10(3)12(15)6-11/h4-6,8-9H,7H2,1-3H3,(H,17,20). The molecule has 0 fully saturated rings. The predicted molar refractivity (Wildman–Crippen MR) is 88.6 cm³/mol. The molecule has 0 radical (unpaired) electrons. The third-order valence-electron chi connectivity index (χ3n) is 2.88. The van der Waals surface area contributed by atoms with Crippen LogP contribution in [-0.2, 0) is 4.79 Å². The van der Waals surface area contributed by atoms with Gasteiger partial charge in [0, 0.05) is 16.2 Å². The number of hydrogen-bond donors (Lipinski definition) is 1. The van der Waals surface area contributed by atoms with E-state index in [1.807, 2.05) is 29.7 Å². The molecule has 0 spiro atoms. The SMILES string of the molecule is Cc1ccc(NC(=O)CSc2nncn2C(C)C)cc1Br. The second-order valence-corrected chi connectivity index (χ2v) is 6.71. The van der Waals surface area contributed by atoms with Crippen molar-refractivity contribution in [3.8, 4) is 0 Å². The molecule has 1 heterocycles. The third-order valence-corrected chi connectivity index (χ3v) is 4.70. The van der Waals surface area contributed by atoms with E-state index in [0.717, 1.165) is 20.9 Å². The Morgan fingerprint density at radius 2 is 2.24 bits per heavy atom. The molecule has 0 bridgehead atoms. The fraction of sp³-hybridized carbons (Fsp3) is 0.357. The number of halogens is 1. The van der Waals surface area contributed by atoms with Gasteiger partial charge < -0.3 is 9.88 Å². The molecule has 112 valence electrons. The first kappa shape index (κ1) is 16.0. The summed E-state index contributed by atoms with van der Waals surface area (Å²) in [6.07, 6.45) is 1.68. The molecule has 0 aliphatic rings. The zero-order valence-corrected chi connectivity index (χ0v) is 14.5. The lowest BCUT2D eigenvalue weighted by Gasteiger charge is -2.10. The normalized spacial score (nSPS) is 10.9. The number of aryl methyl sites for hydroxylation is 1. The summed E-state index contributed by atoms with van der Waals surface area (Å²) in [5.74, 6) is 0.241. The highest BCUT2D eigenvalue weighted by molar-refractivity contribution is 9.10. The lowest BCUT2D eigenvalue weighted by molar-refractivity contribution is -0.113. The molecule has 1 aromatic heterocycles. The highest BCUT2D eigenvalue weighted by Gasteiger charge is 2.11. The third kappa shape index (κ3) is 4.31. The maximum Gasteiger partial charge on any atom is 0.234 e. The van der Waals surface area contributed by atoms with Crippen LogP contribution in [0.15, 0.2) is 34.2 Å². The summed E-state index contributed by atoms with van der Waals surface area (Å²) in [4.78, 5) is 12.0. The summed E-state index contributed by atoms with van der Waals surface area (Å²) in [6.45, 7) is 6.11. The fourth-order valence-electron chi connectivity index (χ4n) is 1.69. The summed E-state index contributed by atoms with van der Waals surface area (Å²) >= 11 is 4.84. The zero-order valence-electron chi connectivity index (χ0n) is 12.1. The van der Waals surface area contributed by atoms with Crippen molar-refractivity contribution < 1.29 is 4.79 Å². The van der Waals surface area contributed by atoms with Crippen molar-refractivity contribution in [1.82, 2.24) is 14.8 Å². The number of aromatic nitrogens is 3. The van der Waals surface area contributed by atoms with Gasteiger partial charge in [-0.2, -0.15) is 0 Å². The van der Waals surface area contributed by atoms with Crippen LogP contribution in [0.2, 0.25) is 0 Å². The van der Waals surface area contributed by atoms with E-state index in [0.29, 0.717) is 5.75 Å². The minimum Gasteiger partial charge on any atom is -0.325 e. The van der Waals surface area contributed by atoms with Gasteiger partial charge in [0.1, 0.15) is 6.33 Å². The minimum absolute atomic E-state index is 0.0611. The van der Waals surface area contributed by atoms with Gasteiger partial charge in [-0.05, 0) is 38.5 Å². The monoisotopic (exact) mass is 368 g/mol. The number of thioether (sulfide) groups is 1. The van der Waals surface area contributed by atoms with Crippen LogP contribution >= 0.6 is 27.7 Å². The molecular formula is C14H17BrN4OS. The molecule has 5 nitrogen and oxygen atoms in total. The summed E-state index contributed by atoms with van der Waals surface area (Å²) in [7, 11) is 0. The van der Waals surface area contributed by atoms with Crippen LogP contribution < -0.4 is 5.32 Å². The van der Waals surface area contributed by atoms with Gasteiger partial charge in [0.25, 0.3) is 0 Å². The van der Waals surface area contributed by atoms with Crippen LogP contribution in [-0.4, -0.2) is 26.4 Å². The molecule has 21 heavy (non-hydrogen) atoms. The molecule has 7 heteroatoms. The van der Waals surface area contributed by atoms with Crippen molar-refractivity contribution >= 4 is 39.3 Å². The van der Waals surface area contributed by atoms with E-state index in [1.54, 1.807) is 6.33 Å². The molecule has 0 aliphatic heterocycles. The van der Waals surface area contributed by atoms with Crippen molar-refractivity contribution in [2.24, 2.45) is 0 Å². The second kappa shape index (κ2) is 7.09. The fourth-order valence-corrected chi connectivity index (χ4v) is 2.91. The Kier molecular flexibility index (Phi) is 5.41. The Bertz CT molecular complexity index is 642. The number of carbonyl (C=O) groups excluding carboxylic acids is 1. The Hall–Kier alpha value is -1.34. The zero-order chi connectivity index (χ0) is 15.4. The highest BCUT2D eigenvalue weighted by Crippen LogP contribution is 2.22. The van der Waals surface area contributed by atoms with E-state index >= 15 is 0 Å². The average Bonchev–Trinajstić information content (AvgIpc) is 2.89. The first-order valence-corrected chi connectivity index (χ1v) is 8.33. The number of hydrogen-bond acceptors (Lipinski definition) is 4. The van der Waals surface area contributed by atoms with Crippen molar-refractivity contribution in [2.75, 3.05) is 11.1 Å². The Morgan fingerprint density at radius 3 is 2.90 bits per heavy atom. The summed E-state index contributed by atoms with van der Waals surface area (Å²) in [5.41, 5.74) is 1.91. The van der Waals surface area contributed by atoms with Gasteiger partial charge in [-0.1, -0.05) is 33.8 Å². The first-order valence-electron chi connectivity index (χ1n) is 6.55. The van der Waals surface area contributed by atoms with Crippen LogP contribution in [0.4, 0.5) is 5.69 Å². The molecule has 1 N–H and O–H groups in total. The molecule has 0 saturated heterocycles. The molecule has 0 saturated carbocycles. The van der Waals surface area contributed by atoms with Crippen LogP contribution in [0.5, 0.6) is 0 Å². The Labute approximate surface area is 136 Å². The number of amides is 1. The number of rotatable bonds is 5. The summed E-state index contributed by atoms with van der Waals surface area (Å²) in [6, 6.07) is 6.02. The number of carbonyl (C=O) groups is 1. The maximum absolute atomic E-state index is 12.0. The van der Waals surface area contributed by atoms with Gasteiger partial charge >= 0.3 is 0 Å². The molecule has 1 aromatic carbocycles. The lowest BCUT2D eigenvalue weighted by Crippen LogP contribution is -2.14. The number of nitrogens with zero attached hydrogens (tertiary/aromatic N) is 3. The van der Waals surface area contributed by atoms with Gasteiger partial charge in [-0.25, -0.2) is 0 Å². The number of nitrogens with one attached hydrogen (secondary N) is 1. The van der Waals surface area contributed by atoms with E-state index in [2.05, 4.69) is 45.3 Å². The molecule has 0 unspecified atom stereocenters. The Morgan fingerprint density at radius 1 is 1.48 bits per heavy atom. The summed E-state index contributed by atoms with van der Waals surface area (Å²) in [5, 5.41) is 11.5. The van der Waals surface area contributed by atoms with Gasteiger partial charge in [0.2, 0.25) is 5.91 Å². The second-order valence-electron chi connectivity index (χ2n) is 4.92. The van der Waals surface area contributed by atoms with E-state index in [9.17, 15) is 4.79 Å². The van der Waals surface area contributed by atoms with Crippen LogP contribution in [0.25, 0.3) is 0 Å². The van der Waals surface area contributed by atoms with Gasteiger partial charge in [0.05, 0.1) is 5.75 Å². The molecule has 2 aromatic rings. The van der Waals surface area contributed by atoms with Gasteiger partial charge in [-0.3, -0.25) is 4.79 Å². The maximum atomic E-state index is 12.0. The van der Waals surface area contributed by atoms with Crippen molar-refractivity contribution in [2.45, 2.75) is 32.0 Å². The van der Waals surface area contributed by atoms with E-state index in [-0.39, 0.29) is 11.9 Å². The van der Waals surface area contributed by atoms with E-state index in [4.69, 9.17) is 0 Å². The lowest BCUT2D eigenvalue weighted by atomic mass is 10.2. The van der Waals surface area contributed by atoms with Crippen molar-refractivity contribution in [3.05, 3.63) is 34.6 Å². The van der Waals surface area contributed by atoms with Crippen LogP contribution in [0.1, 0.15) is 25.5 Å². The van der Waals surface area contributed by atoms with E-state index in [1.165, 1.54) is 11.8 Å². The molecule has 0 aliphatic carbocycles. The molecule has 1 amide bonds. The van der Waals surface area contributed by atoms with Crippen LogP contribution in [0.3, 0.4) is 0 Å². The average molecular weight is 369 g/mol. The van der Waals surface area contributed by atoms with Crippen molar-refractivity contribution in [1.29, 1.82) is 0 Å². The molecular weight excluding hydrogens is 352 g/mol. The predicted octanol–water partition coefficient (Wildman–Crippen LogP) is 3.66. The van der Waals surface area contributed by atoms with E-state index < -0.39 is 0 Å². The summed E-state index contributed by atoms with van der Waals surface area (Å²) < 4.78 is 2.92. The minimum atomic E-state index is -0.0611.